The SMILES string of the molecule is CCCCCCCC1CCC(C#N)(C2OCC(CCCCCC)CO2)CC1. The van der Waals surface area contributed by atoms with E-state index in [-0.39, 0.29) is 6.29 Å². The Hall–Kier alpha value is -0.590. The number of rotatable bonds is 12. The molecule has 1 aliphatic heterocycles. The van der Waals surface area contributed by atoms with Crippen molar-refractivity contribution in [3.63, 3.8) is 0 Å². The summed E-state index contributed by atoms with van der Waals surface area (Å²) >= 11 is 0. The molecule has 2 fully saturated rings. The molecule has 1 saturated heterocycles. The average molecular weight is 378 g/mol. The quantitative estimate of drug-likeness (QED) is 0.344. The molecule has 0 N–H and O–H groups in total. The lowest BCUT2D eigenvalue weighted by atomic mass is 9.69. The zero-order chi connectivity index (χ0) is 19.4. The zero-order valence-electron chi connectivity index (χ0n) is 18.0. The predicted molar refractivity (Wildman–Crippen MR) is 111 cm³/mol. The molecule has 0 amide bonds. The van der Waals surface area contributed by atoms with Gasteiger partial charge in [0.2, 0.25) is 0 Å². The minimum atomic E-state index is -0.397. The van der Waals surface area contributed by atoms with Gasteiger partial charge in [0.15, 0.2) is 6.29 Å². The van der Waals surface area contributed by atoms with Gasteiger partial charge in [-0.05, 0) is 38.0 Å². The molecule has 0 bridgehead atoms. The predicted octanol–water partition coefficient (Wildman–Crippen LogP) is 7.01. The topological polar surface area (TPSA) is 42.2 Å². The molecule has 0 spiro atoms. The minimum Gasteiger partial charge on any atom is -0.351 e. The molecule has 0 radical (unpaired) electrons. The largest absolute Gasteiger partial charge is 0.351 e. The van der Waals surface area contributed by atoms with Gasteiger partial charge in [-0.15, -0.1) is 0 Å². The molecule has 0 unspecified atom stereocenters. The van der Waals surface area contributed by atoms with Crippen molar-refractivity contribution in [2.24, 2.45) is 17.3 Å². The first-order chi connectivity index (χ1) is 13.2. The van der Waals surface area contributed by atoms with Crippen LogP contribution in [0.25, 0.3) is 0 Å². The van der Waals surface area contributed by atoms with E-state index in [0.717, 1.165) is 32.0 Å². The summed E-state index contributed by atoms with van der Waals surface area (Å²) in [6, 6.07) is 2.62. The molecule has 0 aromatic heterocycles. The summed E-state index contributed by atoms with van der Waals surface area (Å²) < 4.78 is 12.2. The van der Waals surface area contributed by atoms with Gasteiger partial charge in [-0.3, -0.25) is 0 Å². The first-order valence-electron chi connectivity index (χ1n) is 11.9. The van der Waals surface area contributed by atoms with E-state index in [1.54, 1.807) is 0 Å². The number of ether oxygens (including phenoxy) is 2. The third-order valence-electron chi connectivity index (χ3n) is 6.82. The third-order valence-corrected chi connectivity index (χ3v) is 6.82. The Labute approximate surface area is 168 Å². The van der Waals surface area contributed by atoms with Gasteiger partial charge in [0.1, 0.15) is 5.41 Å². The van der Waals surface area contributed by atoms with Crippen molar-refractivity contribution in [3.05, 3.63) is 0 Å². The molecule has 3 heteroatoms. The molecule has 2 aliphatic rings. The van der Waals surface area contributed by atoms with Crippen LogP contribution in [-0.4, -0.2) is 19.5 Å². The van der Waals surface area contributed by atoms with E-state index in [2.05, 4.69) is 19.9 Å². The van der Waals surface area contributed by atoms with Gasteiger partial charge in [0.25, 0.3) is 0 Å². The molecule has 1 aliphatic carbocycles. The van der Waals surface area contributed by atoms with Crippen LogP contribution in [0.5, 0.6) is 0 Å². The van der Waals surface area contributed by atoms with Crippen molar-refractivity contribution in [2.45, 2.75) is 116 Å². The summed E-state index contributed by atoms with van der Waals surface area (Å²) in [5, 5.41) is 9.91. The molecule has 156 valence electrons. The first kappa shape index (κ1) is 22.7. The second-order valence-corrected chi connectivity index (χ2v) is 9.13. The van der Waals surface area contributed by atoms with Crippen LogP contribution in [0.4, 0.5) is 0 Å². The van der Waals surface area contributed by atoms with Crippen LogP contribution in [0.2, 0.25) is 0 Å². The van der Waals surface area contributed by atoms with E-state index < -0.39 is 5.41 Å². The van der Waals surface area contributed by atoms with E-state index in [0.29, 0.717) is 5.92 Å². The normalized spacial score (nSPS) is 31.5. The highest BCUT2D eigenvalue weighted by Gasteiger charge is 2.45. The Balaban J connectivity index is 1.67. The summed E-state index contributed by atoms with van der Waals surface area (Å²) in [5.41, 5.74) is -0.397. The van der Waals surface area contributed by atoms with Crippen LogP contribution < -0.4 is 0 Å². The number of nitriles is 1. The van der Waals surface area contributed by atoms with Crippen molar-refractivity contribution in [1.29, 1.82) is 5.26 Å². The summed E-state index contributed by atoms with van der Waals surface area (Å²) in [7, 11) is 0. The molecule has 1 saturated carbocycles. The van der Waals surface area contributed by atoms with Crippen LogP contribution in [0.1, 0.15) is 110 Å². The van der Waals surface area contributed by atoms with E-state index in [1.165, 1.54) is 83.5 Å². The molecule has 0 aromatic rings. The van der Waals surface area contributed by atoms with E-state index in [9.17, 15) is 5.26 Å². The average Bonchev–Trinajstić information content (AvgIpc) is 2.72. The van der Waals surface area contributed by atoms with Crippen LogP contribution in [0.15, 0.2) is 0 Å². The van der Waals surface area contributed by atoms with E-state index in [1.807, 2.05) is 0 Å². The van der Waals surface area contributed by atoms with Crippen molar-refractivity contribution in [2.75, 3.05) is 13.2 Å². The van der Waals surface area contributed by atoms with E-state index in [4.69, 9.17) is 9.47 Å². The maximum atomic E-state index is 9.91. The maximum absolute atomic E-state index is 9.91. The van der Waals surface area contributed by atoms with Crippen molar-refractivity contribution >= 4 is 0 Å². The molecular weight excluding hydrogens is 334 g/mol. The van der Waals surface area contributed by atoms with Gasteiger partial charge in [0, 0.05) is 5.92 Å². The zero-order valence-corrected chi connectivity index (χ0v) is 18.0. The van der Waals surface area contributed by atoms with Gasteiger partial charge in [-0.2, -0.15) is 5.26 Å². The molecule has 3 nitrogen and oxygen atoms in total. The lowest BCUT2D eigenvalue weighted by Crippen LogP contribution is -2.45. The van der Waals surface area contributed by atoms with E-state index >= 15 is 0 Å². The van der Waals surface area contributed by atoms with Crippen LogP contribution in [-0.2, 0) is 9.47 Å². The molecule has 0 aromatic carbocycles. The number of hydrogen-bond donors (Lipinski definition) is 0. The second-order valence-electron chi connectivity index (χ2n) is 9.13. The van der Waals surface area contributed by atoms with Crippen LogP contribution in [0.3, 0.4) is 0 Å². The Morgan fingerprint density at radius 1 is 0.778 bits per heavy atom. The van der Waals surface area contributed by atoms with Gasteiger partial charge in [-0.1, -0.05) is 78.1 Å². The Morgan fingerprint density at radius 2 is 1.30 bits per heavy atom. The maximum Gasteiger partial charge on any atom is 0.176 e. The van der Waals surface area contributed by atoms with Gasteiger partial charge in [0.05, 0.1) is 19.3 Å². The molecular formula is C24H43NO2. The highest BCUT2D eigenvalue weighted by atomic mass is 16.7. The van der Waals surface area contributed by atoms with Gasteiger partial charge >= 0.3 is 0 Å². The second kappa shape index (κ2) is 12.8. The third kappa shape index (κ3) is 7.39. The Kier molecular flexibility index (Phi) is 10.7. The van der Waals surface area contributed by atoms with Gasteiger partial charge in [-0.25, -0.2) is 0 Å². The minimum absolute atomic E-state index is 0.292. The molecule has 2 rings (SSSR count). The Bertz CT molecular complexity index is 415. The summed E-state index contributed by atoms with van der Waals surface area (Å²) in [6.07, 6.45) is 18.5. The molecule has 1 heterocycles. The molecule has 27 heavy (non-hydrogen) atoms. The molecule has 0 atom stereocenters. The van der Waals surface area contributed by atoms with Crippen LogP contribution >= 0.6 is 0 Å². The monoisotopic (exact) mass is 377 g/mol. The van der Waals surface area contributed by atoms with Crippen molar-refractivity contribution in [1.82, 2.24) is 0 Å². The lowest BCUT2D eigenvalue weighted by molar-refractivity contribution is -0.247. The first-order valence-corrected chi connectivity index (χ1v) is 11.9. The fourth-order valence-electron chi connectivity index (χ4n) is 4.81. The van der Waals surface area contributed by atoms with Crippen molar-refractivity contribution < 1.29 is 9.47 Å². The van der Waals surface area contributed by atoms with Gasteiger partial charge < -0.3 is 9.47 Å². The number of nitrogens with zero attached hydrogens (tertiary/aromatic N) is 1. The van der Waals surface area contributed by atoms with Crippen molar-refractivity contribution in [3.8, 4) is 6.07 Å². The fraction of sp³-hybridized carbons (Fsp3) is 0.958. The van der Waals surface area contributed by atoms with Crippen LogP contribution in [0, 0.1) is 28.6 Å². The standard InChI is InChI=1S/C24H43NO2/c1-3-5-7-9-11-12-21-14-16-24(20-25,17-15-21)23-26-18-22(19-27-23)13-10-8-6-4-2/h21-23H,3-19H2,1-2H3. The number of hydrogen-bond acceptors (Lipinski definition) is 3. The Morgan fingerprint density at radius 3 is 1.85 bits per heavy atom. The smallest absolute Gasteiger partial charge is 0.176 e. The summed E-state index contributed by atoms with van der Waals surface area (Å²) in [6.45, 7) is 6.08. The summed E-state index contributed by atoms with van der Waals surface area (Å²) in [4.78, 5) is 0. The highest BCUT2D eigenvalue weighted by Crippen LogP contribution is 2.45. The number of unbranched alkanes of at least 4 members (excludes halogenated alkanes) is 7. The summed E-state index contributed by atoms with van der Waals surface area (Å²) in [5.74, 6) is 1.33. The lowest BCUT2D eigenvalue weighted by Gasteiger charge is -2.42. The highest BCUT2D eigenvalue weighted by molar-refractivity contribution is 5.04. The fourth-order valence-corrected chi connectivity index (χ4v) is 4.81.